The van der Waals surface area contributed by atoms with Gasteiger partial charge in [0.05, 0.1) is 24.2 Å². The van der Waals surface area contributed by atoms with Gasteiger partial charge in [-0.3, -0.25) is 0 Å². The first-order chi connectivity index (χ1) is 11.9. The Morgan fingerprint density at radius 2 is 1.88 bits per heavy atom. The molecule has 0 aliphatic carbocycles. The predicted octanol–water partition coefficient (Wildman–Crippen LogP) is 2.66. The van der Waals surface area contributed by atoms with Crippen LogP contribution in [0.2, 0.25) is 0 Å². The van der Waals surface area contributed by atoms with Gasteiger partial charge in [-0.1, -0.05) is 24.3 Å². The quantitative estimate of drug-likeness (QED) is 0.765. The highest BCUT2D eigenvalue weighted by atomic mass is 32.2. The molecule has 0 unspecified atom stereocenters. The molecule has 0 aromatic heterocycles. The summed E-state index contributed by atoms with van der Waals surface area (Å²) in [5.74, 6) is 0.0471. The number of aryl methyl sites for hydroxylation is 1. The molecule has 0 heterocycles. The zero-order chi connectivity index (χ0) is 18.4. The van der Waals surface area contributed by atoms with Gasteiger partial charge in [0, 0.05) is 12.1 Å². The minimum Gasteiger partial charge on any atom is -0.494 e. The monoisotopic (exact) mass is 363 g/mol. The molecule has 0 aliphatic rings. The lowest BCUT2D eigenvalue weighted by Gasteiger charge is -2.13. The van der Waals surface area contributed by atoms with Crippen molar-refractivity contribution in [2.75, 3.05) is 13.7 Å². The SMILES string of the molecule is CCOc1ccccc1CNS(=O)(=O)c1cc(C(=O)OC)ccc1C. The Hall–Kier alpha value is -2.38. The summed E-state index contributed by atoms with van der Waals surface area (Å²) < 4.78 is 38.0. The van der Waals surface area contributed by atoms with Crippen LogP contribution < -0.4 is 9.46 Å². The van der Waals surface area contributed by atoms with E-state index in [0.717, 1.165) is 5.56 Å². The van der Waals surface area contributed by atoms with E-state index in [-0.39, 0.29) is 17.0 Å². The first kappa shape index (κ1) is 19.0. The van der Waals surface area contributed by atoms with Crippen LogP contribution in [0.1, 0.15) is 28.4 Å². The van der Waals surface area contributed by atoms with Crippen LogP contribution in [0.15, 0.2) is 47.4 Å². The van der Waals surface area contributed by atoms with Crippen LogP contribution in [0.5, 0.6) is 5.75 Å². The van der Waals surface area contributed by atoms with Crippen molar-refractivity contribution < 1.29 is 22.7 Å². The van der Waals surface area contributed by atoms with Gasteiger partial charge in [-0.15, -0.1) is 0 Å². The average molecular weight is 363 g/mol. The number of para-hydroxylation sites is 1. The van der Waals surface area contributed by atoms with Crippen LogP contribution in [0.3, 0.4) is 0 Å². The third-order valence-electron chi connectivity index (χ3n) is 3.62. The number of carbonyl (C=O) groups excluding carboxylic acids is 1. The molecule has 0 radical (unpaired) electrons. The second kappa shape index (κ2) is 8.13. The average Bonchev–Trinajstić information content (AvgIpc) is 2.61. The molecule has 0 amide bonds. The Balaban J connectivity index is 2.27. The van der Waals surface area contributed by atoms with Gasteiger partial charge in [-0.2, -0.15) is 0 Å². The van der Waals surface area contributed by atoms with E-state index in [1.807, 2.05) is 19.1 Å². The van der Waals surface area contributed by atoms with E-state index in [1.165, 1.54) is 19.2 Å². The Morgan fingerprint density at radius 3 is 2.56 bits per heavy atom. The maximum absolute atomic E-state index is 12.7. The Morgan fingerprint density at radius 1 is 1.16 bits per heavy atom. The highest BCUT2D eigenvalue weighted by molar-refractivity contribution is 7.89. The smallest absolute Gasteiger partial charge is 0.337 e. The Labute approximate surface area is 147 Å². The molecule has 0 fully saturated rings. The molecule has 2 aromatic carbocycles. The van der Waals surface area contributed by atoms with Gasteiger partial charge < -0.3 is 9.47 Å². The largest absolute Gasteiger partial charge is 0.494 e. The minimum absolute atomic E-state index is 0.0456. The second-order valence-corrected chi connectivity index (χ2v) is 7.07. The molecule has 1 N–H and O–H groups in total. The normalized spacial score (nSPS) is 11.2. The van der Waals surface area contributed by atoms with Gasteiger partial charge in [0.25, 0.3) is 0 Å². The molecule has 0 atom stereocenters. The lowest BCUT2D eigenvalue weighted by molar-refractivity contribution is 0.0600. The van der Waals surface area contributed by atoms with Crippen LogP contribution in [-0.2, 0) is 21.3 Å². The number of methoxy groups -OCH3 is 1. The molecule has 6 nitrogen and oxygen atoms in total. The predicted molar refractivity (Wildman–Crippen MR) is 94.2 cm³/mol. The molecule has 0 saturated carbocycles. The van der Waals surface area contributed by atoms with Crippen LogP contribution in [0, 0.1) is 6.92 Å². The summed E-state index contributed by atoms with van der Waals surface area (Å²) in [7, 11) is -2.55. The van der Waals surface area contributed by atoms with E-state index >= 15 is 0 Å². The van der Waals surface area contributed by atoms with E-state index in [2.05, 4.69) is 9.46 Å². The molecule has 134 valence electrons. The summed E-state index contributed by atoms with van der Waals surface area (Å²) in [5.41, 5.74) is 1.45. The Kier molecular flexibility index (Phi) is 6.17. The third-order valence-corrected chi connectivity index (χ3v) is 5.17. The van der Waals surface area contributed by atoms with Gasteiger partial charge in [-0.25, -0.2) is 17.9 Å². The lowest BCUT2D eigenvalue weighted by atomic mass is 10.1. The lowest BCUT2D eigenvalue weighted by Crippen LogP contribution is -2.24. The molecule has 0 saturated heterocycles. The van der Waals surface area contributed by atoms with Crippen molar-refractivity contribution in [3.05, 3.63) is 59.2 Å². The highest BCUT2D eigenvalue weighted by Crippen LogP contribution is 2.21. The summed E-state index contributed by atoms with van der Waals surface area (Å²) in [4.78, 5) is 11.7. The van der Waals surface area contributed by atoms with E-state index in [0.29, 0.717) is 17.9 Å². The molecule has 2 rings (SSSR count). The van der Waals surface area contributed by atoms with Crippen molar-refractivity contribution in [2.45, 2.75) is 25.3 Å². The van der Waals surface area contributed by atoms with Gasteiger partial charge >= 0.3 is 5.97 Å². The third kappa shape index (κ3) is 4.58. The highest BCUT2D eigenvalue weighted by Gasteiger charge is 2.19. The maximum atomic E-state index is 12.7. The fourth-order valence-electron chi connectivity index (χ4n) is 2.33. The van der Waals surface area contributed by atoms with Crippen molar-refractivity contribution in [1.82, 2.24) is 4.72 Å². The number of nitrogens with one attached hydrogen (secondary N) is 1. The zero-order valence-corrected chi connectivity index (χ0v) is 15.2. The van der Waals surface area contributed by atoms with Crippen LogP contribution in [0.4, 0.5) is 0 Å². The van der Waals surface area contributed by atoms with Crippen LogP contribution in [-0.4, -0.2) is 28.1 Å². The zero-order valence-electron chi connectivity index (χ0n) is 14.4. The standard InChI is InChI=1S/C18H21NO5S/c1-4-24-16-8-6-5-7-15(16)12-19-25(21,22)17-11-14(18(20)23-3)10-9-13(17)2/h5-11,19H,4,12H2,1-3H3. The Bertz CT molecular complexity index is 862. The molecule has 7 heteroatoms. The second-order valence-electron chi connectivity index (χ2n) is 5.34. The van der Waals surface area contributed by atoms with Crippen molar-refractivity contribution in [3.63, 3.8) is 0 Å². The number of carbonyl (C=O) groups is 1. The molecular weight excluding hydrogens is 342 g/mol. The van der Waals surface area contributed by atoms with Crippen molar-refractivity contribution in [3.8, 4) is 5.75 Å². The maximum Gasteiger partial charge on any atom is 0.337 e. The van der Waals surface area contributed by atoms with Gasteiger partial charge in [0.1, 0.15) is 5.75 Å². The number of ether oxygens (including phenoxy) is 2. The summed E-state index contributed by atoms with van der Waals surface area (Å²) in [6.45, 7) is 4.11. The summed E-state index contributed by atoms with van der Waals surface area (Å²) >= 11 is 0. The van der Waals surface area contributed by atoms with Gasteiger partial charge in [0.2, 0.25) is 10.0 Å². The topological polar surface area (TPSA) is 81.7 Å². The number of benzene rings is 2. The summed E-state index contributed by atoms with van der Waals surface area (Å²) in [5, 5.41) is 0. The first-order valence-electron chi connectivity index (χ1n) is 7.78. The van der Waals surface area contributed by atoms with Crippen LogP contribution in [0.25, 0.3) is 0 Å². The van der Waals surface area contributed by atoms with E-state index in [4.69, 9.17) is 4.74 Å². The fourth-order valence-corrected chi connectivity index (χ4v) is 3.61. The van der Waals surface area contributed by atoms with E-state index in [9.17, 15) is 13.2 Å². The molecule has 0 spiro atoms. The summed E-state index contributed by atoms with van der Waals surface area (Å²) in [6, 6.07) is 11.7. The molecular formula is C18H21NO5S. The van der Waals surface area contributed by atoms with Crippen LogP contribution >= 0.6 is 0 Å². The number of rotatable bonds is 7. The minimum atomic E-state index is -3.80. The van der Waals surface area contributed by atoms with Gasteiger partial charge in [0.15, 0.2) is 0 Å². The van der Waals surface area contributed by atoms with Crippen molar-refractivity contribution >= 4 is 16.0 Å². The summed E-state index contributed by atoms with van der Waals surface area (Å²) in [6.07, 6.45) is 0. The molecule has 0 aliphatic heterocycles. The molecule has 25 heavy (non-hydrogen) atoms. The van der Waals surface area contributed by atoms with Crippen molar-refractivity contribution in [2.24, 2.45) is 0 Å². The van der Waals surface area contributed by atoms with Crippen molar-refractivity contribution in [1.29, 1.82) is 0 Å². The fraction of sp³-hybridized carbons (Fsp3) is 0.278. The number of esters is 1. The molecule has 0 bridgehead atoms. The van der Waals surface area contributed by atoms with E-state index in [1.54, 1.807) is 25.1 Å². The number of hydrogen-bond acceptors (Lipinski definition) is 5. The first-order valence-corrected chi connectivity index (χ1v) is 9.26. The number of hydrogen-bond donors (Lipinski definition) is 1. The van der Waals surface area contributed by atoms with E-state index < -0.39 is 16.0 Å². The van der Waals surface area contributed by atoms with Gasteiger partial charge in [-0.05, 0) is 37.6 Å². The number of sulfonamides is 1. The molecule has 2 aromatic rings.